The second-order valence-electron chi connectivity index (χ2n) is 8.32. The van der Waals surface area contributed by atoms with Crippen molar-refractivity contribution in [3.05, 3.63) is 0 Å². The fraction of sp³-hybridized carbons (Fsp3) is 1.00. The Bertz CT molecular complexity index is 254. The maximum Gasteiger partial charge on any atom is 0.0126 e. The minimum absolute atomic E-state index is 0.310. The van der Waals surface area contributed by atoms with E-state index in [1.807, 2.05) is 0 Å². The average Bonchev–Trinajstić information content (AvgIpc) is 2.26. The summed E-state index contributed by atoms with van der Waals surface area (Å²) in [5.74, 6) is 0.640. The van der Waals surface area contributed by atoms with Gasteiger partial charge < -0.3 is 10.6 Å². The molecule has 1 saturated heterocycles. The zero-order valence-corrected chi connectivity index (χ0v) is 14.0. The van der Waals surface area contributed by atoms with Gasteiger partial charge in [-0.15, -0.1) is 0 Å². The zero-order chi connectivity index (χ0) is 14.7. The van der Waals surface area contributed by atoms with Crippen LogP contribution in [-0.4, -0.2) is 54.6 Å². The summed E-state index contributed by atoms with van der Waals surface area (Å²) in [7, 11) is 0. The molecular formula is C16H35N3. The van der Waals surface area contributed by atoms with Gasteiger partial charge in [0.05, 0.1) is 0 Å². The van der Waals surface area contributed by atoms with Gasteiger partial charge in [0.25, 0.3) is 0 Å². The predicted octanol–water partition coefficient (Wildman–Crippen LogP) is 2.41. The number of piperazine rings is 1. The Labute approximate surface area is 120 Å². The van der Waals surface area contributed by atoms with Gasteiger partial charge in [0.2, 0.25) is 0 Å². The van der Waals surface area contributed by atoms with Gasteiger partial charge in [-0.05, 0) is 45.1 Å². The molecule has 0 aromatic rings. The molecule has 1 aliphatic heterocycles. The standard InChI is InChI=1S/C16H35N3/c1-15(2,3)11-14(12-17)13-18-7-9-19(10-8-18)16(4,5)6/h14H,7-13,17H2,1-6H3. The lowest BCUT2D eigenvalue weighted by Crippen LogP contribution is -2.54. The van der Waals surface area contributed by atoms with E-state index < -0.39 is 0 Å². The third-order valence-electron chi connectivity index (χ3n) is 4.07. The molecule has 0 spiro atoms. The first-order valence-electron chi connectivity index (χ1n) is 7.79. The smallest absolute Gasteiger partial charge is 0.0126 e. The van der Waals surface area contributed by atoms with Crippen molar-refractivity contribution in [1.82, 2.24) is 9.80 Å². The first kappa shape index (κ1) is 16.9. The molecule has 1 fully saturated rings. The minimum Gasteiger partial charge on any atom is -0.330 e. The summed E-state index contributed by atoms with van der Waals surface area (Å²) in [5.41, 5.74) is 6.65. The molecule has 3 heteroatoms. The molecule has 0 saturated carbocycles. The molecule has 1 unspecified atom stereocenters. The van der Waals surface area contributed by atoms with Crippen molar-refractivity contribution < 1.29 is 0 Å². The van der Waals surface area contributed by atoms with Crippen LogP contribution < -0.4 is 5.73 Å². The molecule has 114 valence electrons. The first-order chi connectivity index (χ1) is 8.62. The van der Waals surface area contributed by atoms with E-state index in [1.54, 1.807) is 0 Å². The highest BCUT2D eigenvalue weighted by molar-refractivity contribution is 4.83. The Hall–Kier alpha value is -0.120. The fourth-order valence-corrected chi connectivity index (χ4v) is 3.05. The molecule has 0 aliphatic carbocycles. The minimum atomic E-state index is 0.310. The molecule has 0 radical (unpaired) electrons. The van der Waals surface area contributed by atoms with E-state index in [9.17, 15) is 0 Å². The van der Waals surface area contributed by atoms with E-state index in [2.05, 4.69) is 51.3 Å². The molecule has 1 heterocycles. The number of rotatable bonds is 4. The Morgan fingerprint density at radius 2 is 1.47 bits per heavy atom. The number of nitrogens with zero attached hydrogens (tertiary/aromatic N) is 2. The highest BCUT2D eigenvalue weighted by Gasteiger charge is 2.27. The highest BCUT2D eigenvalue weighted by atomic mass is 15.3. The summed E-state index contributed by atoms with van der Waals surface area (Å²) in [4.78, 5) is 5.19. The van der Waals surface area contributed by atoms with E-state index in [-0.39, 0.29) is 0 Å². The molecular weight excluding hydrogens is 234 g/mol. The van der Waals surface area contributed by atoms with Gasteiger partial charge in [0, 0.05) is 38.3 Å². The molecule has 1 aliphatic rings. The topological polar surface area (TPSA) is 32.5 Å². The lowest BCUT2D eigenvalue weighted by Gasteiger charge is -2.43. The Balaban J connectivity index is 2.39. The summed E-state index contributed by atoms with van der Waals surface area (Å²) in [6.07, 6.45) is 1.23. The van der Waals surface area contributed by atoms with Crippen LogP contribution in [0.1, 0.15) is 48.0 Å². The Morgan fingerprint density at radius 1 is 0.947 bits per heavy atom. The maximum absolute atomic E-state index is 5.96. The van der Waals surface area contributed by atoms with Gasteiger partial charge in [-0.2, -0.15) is 0 Å². The SMILES string of the molecule is CC(C)(C)CC(CN)CN1CCN(C(C)(C)C)CC1. The summed E-state index contributed by atoms with van der Waals surface area (Å²) < 4.78 is 0. The Morgan fingerprint density at radius 3 is 1.84 bits per heavy atom. The van der Waals surface area contributed by atoms with Crippen molar-refractivity contribution in [1.29, 1.82) is 0 Å². The van der Waals surface area contributed by atoms with Crippen LogP contribution in [0, 0.1) is 11.3 Å². The van der Waals surface area contributed by atoms with Crippen LogP contribution in [0.25, 0.3) is 0 Å². The summed E-state index contributed by atoms with van der Waals surface area (Å²) >= 11 is 0. The lowest BCUT2D eigenvalue weighted by atomic mass is 9.84. The van der Waals surface area contributed by atoms with Crippen molar-refractivity contribution in [2.45, 2.75) is 53.5 Å². The van der Waals surface area contributed by atoms with E-state index >= 15 is 0 Å². The zero-order valence-electron chi connectivity index (χ0n) is 14.0. The van der Waals surface area contributed by atoms with Crippen LogP contribution >= 0.6 is 0 Å². The van der Waals surface area contributed by atoms with E-state index in [0.29, 0.717) is 16.9 Å². The molecule has 2 N–H and O–H groups in total. The van der Waals surface area contributed by atoms with Gasteiger partial charge in [-0.25, -0.2) is 0 Å². The van der Waals surface area contributed by atoms with Gasteiger partial charge in [0.15, 0.2) is 0 Å². The normalized spacial score (nSPS) is 21.6. The summed E-state index contributed by atoms with van der Waals surface area (Å²) in [6, 6.07) is 0. The molecule has 19 heavy (non-hydrogen) atoms. The second-order valence-corrected chi connectivity index (χ2v) is 8.32. The van der Waals surface area contributed by atoms with Crippen molar-refractivity contribution in [3.8, 4) is 0 Å². The molecule has 1 rings (SSSR count). The number of hydrogen-bond donors (Lipinski definition) is 1. The maximum atomic E-state index is 5.96. The molecule has 0 bridgehead atoms. The molecule has 0 amide bonds. The van der Waals surface area contributed by atoms with Gasteiger partial charge in [-0.1, -0.05) is 20.8 Å². The van der Waals surface area contributed by atoms with Crippen LogP contribution in [0.3, 0.4) is 0 Å². The molecule has 3 nitrogen and oxygen atoms in total. The number of nitrogens with two attached hydrogens (primary N) is 1. The van der Waals surface area contributed by atoms with Crippen molar-refractivity contribution >= 4 is 0 Å². The lowest BCUT2D eigenvalue weighted by molar-refractivity contribution is 0.0525. The largest absolute Gasteiger partial charge is 0.330 e. The summed E-state index contributed by atoms with van der Waals surface area (Å²) in [6.45, 7) is 20.6. The predicted molar refractivity (Wildman–Crippen MR) is 84.4 cm³/mol. The van der Waals surface area contributed by atoms with Gasteiger partial charge in [0.1, 0.15) is 0 Å². The quantitative estimate of drug-likeness (QED) is 0.851. The number of hydrogen-bond acceptors (Lipinski definition) is 3. The van der Waals surface area contributed by atoms with E-state index in [4.69, 9.17) is 5.73 Å². The van der Waals surface area contributed by atoms with Gasteiger partial charge >= 0.3 is 0 Å². The Kier molecular flexibility index (Phi) is 5.84. The molecule has 1 atom stereocenters. The van der Waals surface area contributed by atoms with Crippen molar-refractivity contribution in [2.75, 3.05) is 39.3 Å². The first-order valence-corrected chi connectivity index (χ1v) is 7.79. The third-order valence-corrected chi connectivity index (χ3v) is 4.07. The summed E-state index contributed by atoms with van der Waals surface area (Å²) in [5, 5.41) is 0. The third kappa shape index (κ3) is 6.24. The van der Waals surface area contributed by atoms with Crippen LogP contribution in [0.2, 0.25) is 0 Å². The van der Waals surface area contributed by atoms with Crippen LogP contribution in [0.4, 0.5) is 0 Å². The van der Waals surface area contributed by atoms with Crippen LogP contribution in [0.15, 0.2) is 0 Å². The molecule has 0 aromatic carbocycles. The van der Waals surface area contributed by atoms with E-state index in [0.717, 1.165) is 6.54 Å². The monoisotopic (exact) mass is 269 g/mol. The van der Waals surface area contributed by atoms with Gasteiger partial charge in [-0.3, -0.25) is 4.90 Å². The molecule has 0 aromatic heterocycles. The fourth-order valence-electron chi connectivity index (χ4n) is 3.05. The van der Waals surface area contributed by atoms with Crippen LogP contribution in [-0.2, 0) is 0 Å². The van der Waals surface area contributed by atoms with Crippen LogP contribution in [0.5, 0.6) is 0 Å². The van der Waals surface area contributed by atoms with Crippen molar-refractivity contribution in [2.24, 2.45) is 17.1 Å². The highest BCUT2D eigenvalue weighted by Crippen LogP contribution is 2.25. The van der Waals surface area contributed by atoms with Crippen molar-refractivity contribution in [3.63, 3.8) is 0 Å². The van der Waals surface area contributed by atoms with E-state index in [1.165, 1.54) is 39.1 Å². The average molecular weight is 269 g/mol. The second kappa shape index (κ2) is 6.55.